The number of alkyl halides is 3. The van der Waals surface area contributed by atoms with E-state index in [0.717, 1.165) is 11.8 Å². The summed E-state index contributed by atoms with van der Waals surface area (Å²) in [6, 6.07) is 1.13. The molecule has 0 saturated carbocycles. The Morgan fingerprint density at radius 3 is 2.57 bits per heavy atom. The second kappa shape index (κ2) is 6.02. The van der Waals surface area contributed by atoms with Gasteiger partial charge in [0, 0.05) is 43.3 Å². The first-order chi connectivity index (χ1) is 11.0. The number of nitrogens with one attached hydrogen (secondary N) is 1. The highest BCUT2D eigenvalue weighted by Crippen LogP contribution is 2.33. The maximum atomic E-state index is 13.0. The Hall–Kier alpha value is -2.38. The third-order valence-corrected chi connectivity index (χ3v) is 4.10. The van der Waals surface area contributed by atoms with Gasteiger partial charge in [-0.15, -0.1) is 0 Å². The van der Waals surface area contributed by atoms with Crippen LogP contribution >= 0.6 is 0 Å². The molecule has 23 heavy (non-hydrogen) atoms. The molecule has 5 nitrogen and oxygen atoms in total. The molecule has 2 aromatic heterocycles. The van der Waals surface area contributed by atoms with Gasteiger partial charge in [-0.2, -0.15) is 13.2 Å². The number of aromatic amines is 1. The minimum Gasteiger partial charge on any atom is -0.348 e. The summed E-state index contributed by atoms with van der Waals surface area (Å²) in [6.45, 7) is 0.838. The van der Waals surface area contributed by atoms with Crippen LogP contribution in [0.5, 0.6) is 0 Å². The van der Waals surface area contributed by atoms with E-state index in [-0.39, 0.29) is 11.5 Å². The van der Waals surface area contributed by atoms with Crippen LogP contribution in [0.15, 0.2) is 31.0 Å². The highest BCUT2D eigenvalue weighted by atomic mass is 19.4. The fraction of sp³-hybridized carbons (Fsp3) is 0.400. The maximum Gasteiger partial charge on any atom is 0.418 e. The molecule has 1 aliphatic heterocycles. The first-order valence-electron chi connectivity index (χ1n) is 7.25. The lowest BCUT2D eigenvalue weighted by Gasteiger charge is -2.32. The molecule has 0 aromatic carbocycles. The van der Waals surface area contributed by atoms with Gasteiger partial charge < -0.3 is 9.88 Å². The van der Waals surface area contributed by atoms with Gasteiger partial charge in [-0.3, -0.25) is 9.78 Å². The summed E-state index contributed by atoms with van der Waals surface area (Å²) >= 11 is 0. The normalized spacial score (nSPS) is 16.6. The smallest absolute Gasteiger partial charge is 0.348 e. The minimum atomic E-state index is -4.59. The number of halogens is 3. The Morgan fingerprint density at radius 1 is 1.22 bits per heavy atom. The van der Waals surface area contributed by atoms with Crippen molar-refractivity contribution in [3.05, 3.63) is 47.8 Å². The number of amides is 1. The third-order valence-electron chi connectivity index (χ3n) is 4.10. The van der Waals surface area contributed by atoms with Crippen LogP contribution < -0.4 is 0 Å². The fourth-order valence-electron chi connectivity index (χ4n) is 2.86. The number of nitrogens with zero attached hydrogens (tertiary/aromatic N) is 3. The molecule has 8 heteroatoms. The first-order valence-corrected chi connectivity index (χ1v) is 7.25. The van der Waals surface area contributed by atoms with Gasteiger partial charge in [0.1, 0.15) is 0 Å². The van der Waals surface area contributed by atoms with E-state index in [1.165, 1.54) is 11.1 Å². The Balaban J connectivity index is 1.73. The Kier molecular flexibility index (Phi) is 4.06. The first kappa shape index (κ1) is 15.5. The number of piperidine rings is 1. The molecule has 2 aromatic rings. The number of carbonyl (C=O) groups excluding carboxylic acids is 1. The number of imidazole rings is 1. The molecule has 1 saturated heterocycles. The van der Waals surface area contributed by atoms with Gasteiger partial charge in [-0.05, 0) is 18.9 Å². The lowest BCUT2D eigenvalue weighted by Crippen LogP contribution is -2.38. The molecule has 1 fully saturated rings. The van der Waals surface area contributed by atoms with Crippen molar-refractivity contribution in [2.75, 3.05) is 13.1 Å². The van der Waals surface area contributed by atoms with Crippen molar-refractivity contribution in [2.24, 2.45) is 0 Å². The molecule has 3 heterocycles. The van der Waals surface area contributed by atoms with E-state index in [1.54, 1.807) is 12.5 Å². The summed E-state index contributed by atoms with van der Waals surface area (Å²) in [6.07, 6.45) is 2.05. The average Bonchev–Trinajstić information content (AvgIpc) is 3.08. The van der Waals surface area contributed by atoms with Gasteiger partial charge in [0.15, 0.2) is 0 Å². The number of pyridine rings is 1. The summed E-state index contributed by atoms with van der Waals surface area (Å²) in [4.78, 5) is 24.4. The summed E-state index contributed by atoms with van der Waals surface area (Å²) in [5.41, 5.74) is -0.329. The molecule has 1 N–H and O–H groups in total. The zero-order valence-electron chi connectivity index (χ0n) is 12.2. The maximum absolute atomic E-state index is 13.0. The molecule has 3 rings (SSSR count). The number of aromatic nitrogens is 3. The van der Waals surface area contributed by atoms with Gasteiger partial charge in [-0.25, -0.2) is 4.98 Å². The lowest BCUT2D eigenvalue weighted by atomic mass is 9.93. The van der Waals surface area contributed by atoms with E-state index >= 15 is 0 Å². The van der Waals surface area contributed by atoms with Gasteiger partial charge in [0.05, 0.1) is 17.5 Å². The Bertz CT molecular complexity index is 676. The summed E-state index contributed by atoms with van der Waals surface area (Å²) in [5, 5.41) is 0. The zero-order valence-corrected chi connectivity index (χ0v) is 12.2. The van der Waals surface area contributed by atoms with Crippen LogP contribution in [0.1, 0.15) is 40.4 Å². The molecule has 0 radical (unpaired) electrons. The van der Waals surface area contributed by atoms with Gasteiger partial charge >= 0.3 is 6.18 Å². The van der Waals surface area contributed by atoms with Crippen molar-refractivity contribution in [3.63, 3.8) is 0 Å². The SMILES string of the molecule is O=C(c1ccncc1C(F)(F)F)N1CCC(c2cnc[nH]2)CC1. The second-order valence-electron chi connectivity index (χ2n) is 5.49. The van der Waals surface area contributed by atoms with Crippen LogP contribution in [0.4, 0.5) is 13.2 Å². The third kappa shape index (κ3) is 3.20. The van der Waals surface area contributed by atoms with Crippen molar-refractivity contribution < 1.29 is 18.0 Å². The summed E-state index contributed by atoms with van der Waals surface area (Å²) in [7, 11) is 0. The topological polar surface area (TPSA) is 61.9 Å². The second-order valence-corrected chi connectivity index (χ2v) is 5.49. The fourth-order valence-corrected chi connectivity index (χ4v) is 2.86. The lowest BCUT2D eigenvalue weighted by molar-refractivity contribution is -0.138. The molecule has 0 unspecified atom stereocenters. The van der Waals surface area contributed by atoms with Gasteiger partial charge in [-0.1, -0.05) is 0 Å². The van der Waals surface area contributed by atoms with E-state index in [1.807, 2.05) is 0 Å². The number of hydrogen-bond acceptors (Lipinski definition) is 3. The molecule has 0 bridgehead atoms. The van der Waals surface area contributed by atoms with Crippen LogP contribution in [0.25, 0.3) is 0 Å². The number of hydrogen-bond donors (Lipinski definition) is 1. The minimum absolute atomic E-state index is 0.251. The molecule has 0 spiro atoms. The van der Waals surface area contributed by atoms with E-state index in [9.17, 15) is 18.0 Å². The molecule has 0 atom stereocenters. The molecule has 1 aliphatic rings. The van der Waals surface area contributed by atoms with Crippen LogP contribution in [0.2, 0.25) is 0 Å². The van der Waals surface area contributed by atoms with E-state index < -0.39 is 17.6 Å². The Labute approximate surface area is 130 Å². The average molecular weight is 324 g/mol. The number of rotatable bonds is 2. The molecule has 122 valence electrons. The molecular formula is C15H15F3N4O. The van der Waals surface area contributed by atoms with Crippen molar-refractivity contribution in [1.82, 2.24) is 19.9 Å². The van der Waals surface area contributed by atoms with Crippen LogP contribution in [-0.4, -0.2) is 38.8 Å². The van der Waals surface area contributed by atoms with Gasteiger partial charge in [0.25, 0.3) is 5.91 Å². The van der Waals surface area contributed by atoms with E-state index in [4.69, 9.17) is 0 Å². The summed E-state index contributed by atoms with van der Waals surface area (Å²) < 4.78 is 39.0. The number of H-pyrrole nitrogens is 1. The highest BCUT2D eigenvalue weighted by Gasteiger charge is 2.37. The predicted octanol–water partition coefficient (Wildman–Crippen LogP) is 2.84. The largest absolute Gasteiger partial charge is 0.418 e. The monoisotopic (exact) mass is 324 g/mol. The molecule has 0 aliphatic carbocycles. The quantitative estimate of drug-likeness (QED) is 0.924. The van der Waals surface area contributed by atoms with Crippen LogP contribution in [-0.2, 0) is 6.18 Å². The summed E-state index contributed by atoms with van der Waals surface area (Å²) in [5.74, 6) is -0.344. The highest BCUT2D eigenvalue weighted by molar-refractivity contribution is 5.95. The van der Waals surface area contributed by atoms with E-state index in [0.29, 0.717) is 32.1 Å². The molecule has 1 amide bonds. The van der Waals surface area contributed by atoms with Crippen molar-refractivity contribution in [1.29, 1.82) is 0 Å². The van der Waals surface area contributed by atoms with Crippen LogP contribution in [0, 0.1) is 0 Å². The number of carbonyl (C=O) groups is 1. The predicted molar refractivity (Wildman–Crippen MR) is 75.7 cm³/mol. The zero-order chi connectivity index (χ0) is 16.4. The Morgan fingerprint density at radius 2 is 1.96 bits per heavy atom. The van der Waals surface area contributed by atoms with E-state index in [2.05, 4.69) is 15.0 Å². The van der Waals surface area contributed by atoms with Crippen molar-refractivity contribution in [2.45, 2.75) is 24.9 Å². The molecular weight excluding hydrogens is 309 g/mol. The van der Waals surface area contributed by atoms with Crippen molar-refractivity contribution >= 4 is 5.91 Å². The van der Waals surface area contributed by atoms with Crippen LogP contribution in [0.3, 0.4) is 0 Å². The van der Waals surface area contributed by atoms with Gasteiger partial charge in [0.2, 0.25) is 0 Å². The standard InChI is InChI=1S/C15H15F3N4O/c16-15(17,18)12-7-19-4-1-11(12)14(23)22-5-2-10(3-6-22)13-8-20-9-21-13/h1,4,7-10H,2-3,5-6H2,(H,20,21). The van der Waals surface area contributed by atoms with Crippen molar-refractivity contribution in [3.8, 4) is 0 Å². The number of likely N-dealkylation sites (tertiary alicyclic amines) is 1.